The number of rotatable bonds is 16. The predicted octanol–water partition coefficient (Wildman–Crippen LogP) is 5.15. The summed E-state index contributed by atoms with van der Waals surface area (Å²) in [7, 11) is 0. The molecule has 3 atom stereocenters. The molecule has 2 N–H and O–H groups in total. The third-order valence-electron chi connectivity index (χ3n) is 6.30. The maximum atomic E-state index is 14.2. The lowest BCUT2D eigenvalue weighted by atomic mass is 9.95. The van der Waals surface area contributed by atoms with Crippen LogP contribution in [0.5, 0.6) is 0 Å². The molecule has 0 aromatic heterocycles. The number of carbonyl (C=O) groups is 4. The highest BCUT2D eigenvalue weighted by atomic mass is 16.6. The predicted molar refractivity (Wildman–Crippen MR) is 152 cm³/mol. The lowest BCUT2D eigenvalue weighted by molar-refractivity contribution is -0.145. The van der Waals surface area contributed by atoms with Gasteiger partial charge in [0.25, 0.3) is 0 Å². The Kier molecular flexibility index (Phi) is 15.2. The highest BCUT2D eigenvalue weighted by Crippen LogP contribution is 2.25. The first-order valence-electron chi connectivity index (χ1n) is 14.2. The molecule has 0 heterocycles. The van der Waals surface area contributed by atoms with Gasteiger partial charge in [0.15, 0.2) is 0 Å². The van der Waals surface area contributed by atoms with Crippen molar-refractivity contribution in [2.45, 2.75) is 105 Å². The number of amides is 3. The quantitative estimate of drug-likeness (QED) is 0.219. The van der Waals surface area contributed by atoms with Crippen molar-refractivity contribution in [3.63, 3.8) is 0 Å². The molecule has 3 unspecified atom stereocenters. The number of unbranched alkanes of at least 4 members (excludes halogenated alkanes) is 3. The van der Waals surface area contributed by atoms with E-state index < -0.39 is 35.7 Å². The monoisotopic (exact) mass is 547 g/mol. The van der Waals surface area contributed by atoms with Gasteiger partial charge in [0.2, 0.25) is 11.8 Å². The lowest BCUT2D eigenvalue weighted by Gasteiger charge is -2.36. The van der Waals surface area contributed by atoms with Crippen molar-refractivity contribution in [2.24, 2.45) is 5.92 Å². The third-order valence-corrected chi connectivity index (χ3v) is 6.30. The Morgan fingerprint density at radius 1 is 0.974 bits per heavy atom. The number of alkyl carbamates (subject to hydrolysis) is 1. The van der Waals surface area contributed by atoms with Crippen LogP contribution < -0.4 is 10.6 Å². The van der Waals surface area contributed by atoms with Gasteiger partial charge in [0.05, 0.1) is 13.0 Å². The van der Waals surface area contributed by atoms with Crippen LogP contribution in [0.1, 0.15) is 98.6 Å². The summed E-state index contributed by atoms with van der Waals surface area (Å²) in [6.07, 6.45) is 3.63. The summed E-state index contributed by atoms with van der Waals surface area (Å²) >= 11 is 0. The van der Waals surface area contributed by atoms with E-state index in [4.69, 9.17) is 9.47 Å². The van der Waals surface area contributed by atoms with Crippen LogP contribution in [0, 0.1) is 5.92 Å². The standard InChI is InChI=1S/C30H49N3O6/c1-8-11-12-16-21-33(28(36)25(22(4)9-2)32-29(37)39-30(5,6)7)26(23-17-14-13-15-18-23)27(35)31-20-19-24(34)38-10-3/h13-15,17-18,22,25-26H,8-12,16,19-21H2,1-7H3,(H,31,35)(H,32,37). The Morgan fingerprint density at radius 2 is 1.64 bits per heavy atom. The molecule has 0 aliphatic heterocycles. The molecular weight excluding hydrogens is 498 g/mol. The van der Waals surface area contributed by atoms with Crippen LogP contribution in [0.2, 0.25) is 0 Å². The Bertz CT molecular complexity index is 900. The average Bonchev–Trinajstić information content (AvgIpc) is 2.87. The smallest absolute Gasteiger partial charge is 0.408 e. The first kappa shape index (κ1) is 33.9. The molecule has 3 amide bonds. The molecule has 0 saturated heterocycles. The minimum Gasteiger partial charge on any atom is -0.466 e. The number of hydrogen-bond donors (Lipinski definition) is 2. The maximum absolute atomic E-state index is 14.2. The Hall–Kier alpha value is -3.10. The van der Waals surface area contributed by atoms with E-state index in [1.807, 2.05) is 44.2 Å². The van der Waals surface area contributed by atoms with E-state index in [-0.39, 0.29) is 31.4 Å². The second-order valence-electron chi connectivity index (χ2n) is 10.8. The summed E-state index contributed by atoms with van der Waals surface area (Å²) in [4.78, 5) is 53.9. The molecule has 1 aromatic carbocycles. The topological polar surface area (TPSA) is 114 Å². The number of hydrogen-bond acceptors (Lipinski definition) is 6. The molecule has 0 aliphatic rings. The van der Waals surface area contributed by atoms with Gasteiger partial charge in [0.1, 0.15) is 17.7 Å². The number of nitrogens with one attached hydrogen (secondary N) is 2. The highest BCUT2D eigenvalue weighted by molar-refractivity contribution is 5.92. The zero-order chi connectivity index (χ0) is 29.4. The molecule has 0 saturated carbocycles. The second-order valence-corrected chi connectivity index (χ2v) is 10.8. The molecule has 0 bridgehead atoms. The van der Waals surface area contributed by atoms with Crippen LogP contribution in [-0.2, 0) is 23.9 Å². The van der Waals surface area contributed by atoms with E-state index in [1.54, 1.807) is 32.6 Å². The fourth-order valence-corrected chi connectivity index (χ4v) is 4.10. The largest absolute Gasteiger partial charge is 0.466 e. The molecule has 9 nitrogen and oxygen atoms in total. The van der Waals surface area contributed by atoms with E-state index in [9.17, 15) is 19.2 Å². The fourth-order valence-electron chi connectivity index (χ4n) is 4.10. The highest BCUT2D eigenvalue weighted by Gasteiger charge is 2.37. The Labute approximate surface area is 234 Å². The number of esters is 1. The minimum absolute atomic E-state index is 0.0290. The normalized spacial score (nSPS) is 13.5. The van der Waals surface area contributed by atoms with E-state index in [2.05, 4.69) is 17.6 Å². The number of carbonyl (C=O) groups excluding carboxylic acids is 4. The first-order chi connectivity index (χ1) is 18.4. The summed E-state index contributed by atoms with van der Waals surface area (Å²) < 4.78 is 10.4. The van der Waals surface area contributed by atoms with Crippen molar-refractivity contribution in [1.29, 1.82) is 0 Å². The van der Waals surface area contributed by atoms with E-state index in [0.29, 0.717) is 24.9 Å². The maximum Gasteiger partial charge on any atom is 0.408 e. The fraction of sp³-hybridized carbons (Fsp3) is 0.667. The second kappa shape index (κ2) is 17.5. The lowest BCUT2D eigenvalue weighted by Crippen LogP contribution is -2.55. The van der Waals surface area contributed by atoms with Crippen LogP contribution >= 0.6 is 0 Å². The van der Waals surface area contributed by atoms with Gasteiger partial charge < -0.3 is 25.0 Å². The molecule has 1 rings (SSSR count). The third kappa shape index (κ3) is 12.5. The van der Waals surface area contributed by atoms with Gasteiger partial charge in [-0.05, 0) is 45.6 Å². The van der Waals surface area contributed by atoms with Gasteiger partial charge >= 0.3 is 12.1 Å². The van der Waals surface area contributed by atoms with Gasteiger partial charge in [-0.25, -0.2) is 4.79 Å². The van der Waals surface area contributed by atoms with Gasteiger partial charge in [-0.15, -0.1) is 0 Å². The Morgan fingerprint density at radius 3 is 2.21 bits per heavy atom. The molecule has 0 fully saturated rings. The van der Waals surface area contributed by atoms with Gasteiger partial charge in [-0.2, -0.15) is 0 Å². The number of benzene rings is 1. The SMILES string of the molecule is CCCCCCN(C(=O)C(NC(=O)OC(C)(C)C)C(C)CC)C(C(=O)NCCC(=O)OCC)c1ccccc1. The molecular formula is C30H49N3O6. The minimum atomic E-state index is -0.936. The molecule has 0 spiro atoms. The summed E-state index contributed by atoms with van der Waals surface area (Å²) in [6.45, 7) is 13.7. The first-order valence-corrected chi connectivity index (χ1v) is 14.2. The molecule has 1 aromatic rings. The van der Waals surface area contributed by atoms with Crippen LogP contribution in [0.15, 0.2) is 30.3 Å². The van der Waals surface area contributed by atoms with Crippen molar-refractivity contribution in [3.8, 4) is 0 Å². The molecule has 39 heavy (non-hydrogen) atoms. The zero-order valence-corrected chi connectivity index (χ0v) is 24.9. The molecule has 0 radical (unpaired) electrons. The average molecular weight is 548 g/mol. The van der Waals surface area contributed by atoms with Crippen molar-refractivity contribution in [2.75, 3.05) is 19.7 Å². The van der Waals surface area contributed by atoms with Crippen molar-refractivity contribution < 1.29 is 28.7 Å². The number of nitrogens with zero attached hydrogens (tertiary/aromatic N) is 1. The van der Waals surface area contributed by atoms with E-state index in [0.717, 1.165) is 19.3 Å². The van der Waals surface area contributed by atoms with Crippen LogP contribution in [-0.4, -0.2) is 60.1 Å². The van der Waals surface area contributed by atoms with Gasteiger partial charge in [-0.3, -0.25) is 14.4 Å². The Balaban J connectivity index is 3.38. The van der Waals surface area contributed by atoms with Crippen LogP contribution in [0.4, 0.5) is 4.79 Å². The van der Waals surface area contributed by atoms with E-state index >= 15 is 0 Å². The van der Waals surface area contributed by atoms with Gasteiger partial charge in [0, 0.05) is 13.1 Å². The summed E-state index contributed by atoms with van der Waals surface area (Å²) in [6, 6.07) is 7.28. The zero-order valence-electron chi connectivity index (χ0n) is 24.9. The van der Waals surface area contributed by atoms with Crippen molar-refractivity contribution >= 4 is 23.9 Å². The molecule has 220 valence electrons. The van der Waals surface area contributed by atoms with Crippen LogP contribution in [0.3, 0.4) is 0 Å². The summed E-state index contributed by atoms with van der Waals surface area (Å²) in [5.74, 6) is -1.35. The van der Waals surface area contributed by atoms with E-state index in [1.165, 1.54) is 0 Å². The van der Waals surface area contributed by atoms with Crippen molar-refractivity contribution in [3.05, 3.63) is 35.9 Å². The van der Waals surface area contributed by atoms with Gasteiger partial charge in [-0.1, -0.05) is 76.8 Å². The number of ether oxygens (including phenoxy) is 2. The van der Waals surface area contributed by atoms with Crippen LogP contribution in [0.25, 0.3) is 0 Å². The van der Waals surface area contributed by atoms with Crippen molar-refractivity contribution in [1.82, 2.24) is 15.5 Å². The summed E-state index contributed by atoms with van der Waals surface area (Å²) in [5, 5.41) is 5.59. The molecule has 0 aliphatic carbocycles. The summed E-state index contributed by atoms with van der Waals surface area (Å²) in [5.41, 5.74) is -0.0756. The molecule has 9 heteroatoms.